The maximum absolute atomic E-state index is 12.3. The number of carbonyl (C=O) groups excluding carboxylic acids is 1. The third kappa shape index (κ3) is 2.38. The van der Waals surface area contributed by atoms with Crippen LogP contribution in [0.4, 0.5) is 0 Å². The lowest BCUT2D eigenvalue weighted by Crippen LogP contribution is -2.49. The molecule has 2 saturated heterocycles. The Kier molecular flexibility index (Phi) is 3.82. The molecule has 16 heavy (non-hydrogen) atoms. The molecule has 0 spiro atoms. The molecule has 2 fully saturated rings. The van der Waals surface area contributed by atoms with Gasteiger partial charge in [0.2, 0.25) is 5.91 Å². The molecule has 0 radical (unpaired) electrons. The molecule has 4 heteroatoms. The fraction of sp³-hybridized carbons (Fsp3) is 0.917. The molecule has 1 N–H and O–H groups in total. The van der Waals surface area contributed by atoms with E-state index in [9.17, 15) is 4.79 Å². The molecule has 3 unspecified atom stereocenters. The number of carbonyl (C=O) groups is 1. The van der Waals surface area contributed by atoms with E-state index in [2.05, 4.69) is 19.2 Å². The van der Waals surface area contributed by atoms with E-state index in [-0.39, 0.29) is 12.0 Å². The lowest BCUT2D eigenvalue weighted by Gasteiger charge is -2.34. The van der Waals surface area contributed by atoms with Crippen molar-refractivity contribution in [3.05, 3.63) is 0 Å². The molecular formula is C12H22N2O2. The van der Waals surface area contributed by atoms with E-state index >= 15 is 0 Å². The first-order valence-electron chi connectivity index (χ1n) is 6.36. The predicted octanol–water partition coefficient (Wildman–Crippen LogP) is 0.622. The van der Waals surface area contributed by atoms with Gasteiger partial charge in [-0.05, 0) is 26.3 Å². The van der Waals surface area contributed by atoms with Crippen LogP contribution in [0.2, 0.25) is 0 Å². The SMILES string of the molecule is CCC1CN(C(=O)C2CCNC2C)CCO1. The highest BCUT2D eigenvalue weighted by atomic mass is 16.5. The first-order valence-corrected chi connectivity index (χ1v) is 6.36. The molecule has 0 aliphatic carbocycles. The summed E-state index contributed by atoms with van der Waals surface area (Å²) in [5, 5.41) is 3.34. The van der Waals surface area contributed by atoms with Gasteiger partial charge in [0.25, 0.3) is 0 Å². The number of rotatable bonds is 2. The van der Waals surface area contributed by atoms with Crippen LogP contribution in [-0.4, -0.2) is 49.2 Å². The van der Waals surface area contributed by atoms with E-state index in [0.717, 1.165) is 32.5 Å². The molecule has 0 aromatic rings. The summed E-state index contributed by atoms with van der Waals surface area (Å²) in [5.74, 6) is 0.495. The van der Waals surface area contributed by atoms with Gasteiger partial charge in [-0.25, -0.2) is 0 Å². The Labute approximate surface area is 97.3 Å². The average molecular weight is 226 g/mol. The number of nitrogens with one attached hydrogen (secondary N) is 1. The molecule has 0 aromatic carbocycles. The summed E-state index contributed by atoms with van der Waals surface area (Å²) in [6, 6.07) is 0.329. The minimum atomic E-state index is 0.176. The van der Waals surface area contributed by atoms with Crippen LogP contribution in [0.15, 0.2) is 0 Å². The van der Waals surface area contributed by atoms with Crippen LogP contribution < -0.4 is 5.32 Å². The fourth-order valence-corrected chi connectivity index (χ4v) is 2.60. The normalized spacial score (nSPS) is 35.4. The second kappa shape index (κ2) is 5.15. The number of nitrogens with zero attached hydrogens (tertiary/aromatic N) is 1. The Morgan fingerprint density at radius 1 is 1.56 bits per heavy atom. The van der Waals surface area contributed by atoms with Gasteiger partial charge in [0.1, 0.15) is 0 Å². The van der Waals surface area contributed by atoms with Gasteiger partial charge in [0.15, 0.2) is 0 Å². The van der Waals surface area contributed by atoms with Crippen molar-refractivity contribution in [3.63, 3.8) is 0 Å². The zero-order chi connectivity index (χ0) is 11.5. The zero-order valence-corrected chi connectivity index (χ0v) is 10.2. The topological polar surface area (TPSA) is 41.6 Å². The molecule has 2 heterocycles. The van der Waals surface area contributed by atoms with Gasteiger partial charge >= 0.3 is 0 Å². The van der Waals surface area contributed by atoms with Crippen molar-refractivity contribution in [2.45, 2.75) is 38.8 Å². The van der Waals surface area contributed by atoms with Crippen molar-refractivity contribution < 1.29 is 9.53 Å². The van der Waals surface area contributed by atoms with Crippen LogP contribution in [-0.2, 0) is 9.53 Å². The minimum Gasteiger partial charge on any atom is -0.375 e. The van der Waals surface area contributed by atoms with Gasteiger partial charge in [0, 0.05) is 19.1 Å². The average Bonchev–Trinajstić information content (AvgIpc) is 2.74. The smallest absolute Gasteiger partial charge is 0.227 e. The number of ether oxygens (including phenoxy) is 1. The van der Waals surface area contributed by atoms with E-state index in [1.54, 1.807) is 0 Å². The molecule has 92 valence electrons. The van der Waals surface area contributed by atoms with Crippen LogP contribution in [0.25, 0.3) is 0 Å². The van der Waals surface area contributed by atoms with Crippen molar-refractivity contribution in [2.75, 3.05) is 26.2 Å². The van der Waals surface area contributed by atoms with Gasteiger partial charge in [0.05, 0.1) is 18.6 Å². The number of hydrogen-bond donors (Lipinski definition) is 1. The monoisotopic (exact) mass is 226 g/mol. The molecule has 0 aromatic heterocycles. The molecule has 2 aliphatic rings. The minimum absolute atomic E-state index is 0.176. The van der Waals surface area contributed by atoms with Crippen molar-refractivity contribution in [3.8, 4) is 0 Å². The van der Waals surface area contributed by atoms with Gasteiger partial charge < -0.3 is 15.0 Å². The van der Waals surface area contributed by atoms with Crippen LogP contribution in [0.5, 0.6) is 0 Å². The molecule has 3 atom stereocenters. The Morgan fingerprint density at radius 3 is 3.00 bits per heavy atom. The molecule has 0 bridgehead atoms. The van der Waals surface area contributed by atoms with E-state index in [0.29, 0.717) is 18.6 Å². The van der Waals surface area contributed by atoms with Crippen LogP contribution in [0.1, 0.15) is 26.7 Å². The van der Waals surface area contributed by atoms with E-state index in [1.807, 2.05) is 4.90 Å². The Hall–Kier alpha value is -0.610. The fourth-order valence-electron chi connectivity index (χ4n) is 2.60. The van der Waals surface area contributed by atoms with Crippen LogP contribution in [0, 0.1) is 5.92 Å². The summed E-state index contributed by atoms with van der Waals surface area (Å²) < 4.78 is 5.59. The standard InChI is InChI=1S/C12H22N2O2/c1-3-10-8-14(6-7-16-10)12(15)11-4-5-13-9(11)2/h9-11,13H,3-8H2,1-2H3. The van der Waals surface area contributed by atoms with Gasteiger partial charge in [-0.2, -0.15) is 0 Å². The van der Waals surface area contributed by atoms with Crippen molar-refractivity contribution in [2.24, 2.45) is 5.92 Å². The molecular weight excluding hydrogens is 204 g/mol. The van der Waals surface area contributed by atoms with Crippen LogP contribution in [0.3, 0.4) is 0 Å². The molecule has 1 amide bonds. The summed E-state index contributed by atoms with van der Waals surface area (Å²) in [7, 11) is 0. The third-order valence-corrected chi connectivity index (χ3v) is 3.75. The van der Waals surface area contributed by atoms with Crippen LogP contribution >= 0.6 is 0 Å². The molecule has 2 aliphatic heterocycles. The van der Waals surface area contributed by atoms with Crippen molar-refractivity contribution >= 4 is 5.91 Å². The first kappa shape index (κ1) is 11.9. The van der Waals surface area contributed by atoms with Crippen molar-refractivity contribution in [1.29, 1.82) is 0 Å². The van der Waals surface area contributed by atoms with Gasteiger partial charge in [-0.15, -0.1) is 0 Å². The van der Waals surface area contributed by atoms with E-state index in [4.69, 9.17) is 4.74 Å². The van der Waals surface area contributed by atoms with Gasteiger partial charge in [-0.1, -0.05) is 6.92 Å². The second-order valence-electron chi connectivity index (χ2n) is 4.82. The van der Waals surface area contributed by atoms with E-state index < -0.39 is 0 Å². The summed E-state index contributed by atoms with van der Waals surface area (Å²) in [6.45, 7) is 7.42. The summed E-state index contributed by atoms with van der Waals surface area (Å²) >= 11 is 0. The number of amides is 1. The Balaban J connectivity index is 1.93. The lowest BCUT2D eigenvalue weighted by molar-refractivity contribution is -0.143. The highest BCUT2D eigenvalue weighted by molar-refractivity contribution is 5.80. The summed E-state index contributed by atoms with van der Waals surface area (Å²) in [5.41, 5.74) is 0. The highest BCUT2D eigenvalue weighted by Gasteiger charge is 2.34. The highest BCUT2D eigenvalue weighted by Crippen LogP contribution is 2.20. The Bertz CT molecular complexity index is 257. The zero-order valence-electron chi connectivity index (χ0n) is 10.2. The number of morpholine rings is 1. The molecule has 4 nitrogen and oxygen atoms in total. The van der Waals surface area contributed by atoms with Crippen molar-refractivity contribution in [1.82, 2.24) is 10.2 Å². The Morgan fingerprint density at radius 2 is 2.38 bits per heavy atom. The maximum Gasteiger partial charge on any atom is 0.227 e. The number of hydrogen-bond acceptors (Lipinski definition) is 3. The summed E-state index contributed by atoms with van der Waals surface area (Å²) in [6.07, 6.45) is 2.21. The second-order valence-corrected chi connectivity index (χ2v) is 4.82. The molecule has 0 saturated carbocycles. The maximum atomic E-state index is 12.3. The van der Waals surface area contributed by atoms with E-state index in [1.165, 1.54) is 0 Å². The molecule has 2 rings (SSSR count). The quantitative estimate of drug-likeness (QED) is 0.750. The predicted molar refractivity (Wildman–Crippen MR) is 62.2 cm³/mol. The third-order valence-electron chi connectivity index (χ3n) is 3.75. The first-order chi connectivity index (χ1) is 7.72. The lowest BCUT2D eigenvalue weighted by atomic mass is 10.00. The largest absolute Gasteiger partial charge is 0.375 e. The summed E-state index contributed by atoms with van der Waals surface area (Å²) in [4.78, 5) is 14.3. The van der Waals surface area contributed by atoms with Gasteiger partial charge in [-0.3, -0.25) is 4.79 Å².